The highest BCUT2D eigenvalue weighted by atomic mass is 32.2. The number of carbonyl (C=O) groups is 7. The van der Waals surface area contributed by atoms with Crippen molar-refractivity contribution in [2.24, 2.45) is 35.5 Å². The first kappa shape index (κ1) is 110. The van der Waals surface area contributed by atoms with E-state index >= 15 is 0 Å². The summed E-state index contributed by atoms with van der Waals surface area (Å²) in [5.41, 5.74) is 0.105. The van der Waals surface area contributed by atoms with Gasteiger partial charge in [0.05, 0.1) is 70.3 Å². The van der Waals surface area contributed by atoms with Crippen molar-refractivity contribution in [1.29, 1.82) is 0 Å². The molecule has 0 radical (unpaired) electrons. The van der Waals surface area contributed by atoms with Gasteiger partial charge in [-0.15, -0.1) is 0 Å². The third-order valence-corrected chi connectivity index (χ3v) is 25.6. The standard InChI is InChI=1S/2C33H31F8N3O2.C28H23F8N3O2.C5H8O.CH3FS/c2*1-18-9-12-23(16-25(18)33(39,40)41)43-30(45)24-15-20(32(36,37)38)17-44(31(46)28-26(34)7-4-8-27(28)35)29(24)19-10-13-22(14-11-19)42-21-5-2-3-6-21;1-14-5-10-18(12-20(14)28(34,35)36)38-25(40)19-11-16(27(31,32)33)13-39(24(19)15-6-8-17(37)9-7-15)26(41)23-21(29)3-2-4-22(23)30;6-5-3-1-2-4-5;1-3-2/h2*4,7-14,16,20-21,24,29,42H,2-3,5-6,15,17H2,1H3,(H,43,45);2-10,12,16,19,24H,11,13,37H2,1H3,(H,38,40);1-4H2;1H3/t2*20-,24+,29+;16-,19+,24+;;/m111../s1. The third-order valence-electron chi connectivity index (χ3n) is 25.6. The molecule has 3 heterocycles. The van der Waals surface area contributed by atoms with E-state index in [1.807, 2.05) is 0 Å². The Morgan fingerprint density at radius 3 is 0.796 bits per heavy atom. The van der Waals surface area contributed by atoms with Gasteiger partial charge in [0.25, 0.3) is 17.7 Å². The van der Waals surface area contributed by atoms with E-state index in [2.05, 4.69) is 26.6 Å². The summed E-state index contributed by atoms with van der Waals surface area (Å²) in [4.78, 5) is 94.0. The molecule has 0 unspecified atom stereocenters. The molecule has 16 nitrogen and oxygen atoms in total. The van der Waals surface area contributed by atoms with Crippen molar-refractivity contribution in [3.8, 4) is 0 Å². The number of ketones is 1. The Balaban J connectivity index is 0.000000195. The third kappa shape index (κ3) is 27.7. The Morgan fingerprint density at radius 2 is 0.577 bits per heavy atom. The number of halogens is 25. The minimum absolute atomic E-state index is 0.130. The molecule has 9 aromatic carbocycles. The number of nitrogens with zero attached hydrogens (tertiary/aromatic N) is 3. The number of amides is 6. The summed E-state index contributed by atoms with van der Waals surface area (Å²) in [6.07, 6.45) is -18.2. The number of rotatable bonds is 16. The molecule has 0 aromatic heterocycles. The Bertz CT molecular complexity index is 5650. The van der Waals surface area contributed by atoms with Crippen LogP contribution in [0.25, 0.3) is 0 Å². The lowest BCUT2D eigenvalue weighted by Gasteiger charge is -2.45. The van der Waals surface area contributed by atoms with Crippen molar-refractivity contribution < 1.29 is 143 Å². The van der Waals surface area contributed by atoms with E-state index in [1.165, 1.54) is 87.7 Å². The van der Waals surface area contributed by atoms with Crippen LogP contribution in [0.5, 0.6) is 0 Å². The first-order valence-corrected chi connectivity index (χ1v) is 45.9. The van der Waals surface area contributed by atoms with Gasteiger partial charge in [-0.2, -0.15) is 82.9 Å². The number of hydrogen-bond donors (Lipinski definition) is 6. The maximum Gasteiger partial charge on any atom is 0.416 e. The van der Waals surface area contributed by atoms with Gasteiger partial charge in [0, 0.05) is 97.1 Å². The highest BCUT2D eigenvalue weighted by Crippen LogP contribution is 2.51. The van der Waals surface area contributed by atoms with E-state index < -0.39 is 233 Å². The molecule has 0 spiro atoms. The first-order chi connectivity index (χ1) is 66.6. The molecule has 3 aliphatic heterocycles. The zero-order chi connectivity index (χ0) is 104. The molecule has 15 rings (SSSR count). The molecular weight excluding hydrogens is 1950 g/mol. The number of nitrogens with one attached hydrogen (secondary N) is 5. The van der Waals surface area contributed by atoms with Crippen LogP contribution in [0.4, 0.5) is 143 Å². The summed E-state index contributed by atoms with van der Waals surface area (Å²) in [6, 6.07) is 30.6. The molecule has 9 atom stereocenters. The number of benzene rings is 9. The minimum atomic E-state index is -4.93. The van der Waals surface area contributed by atoms with Crippen LogP contribution in [-0.4, -0.2) is 112 Å². The van der Waals surface area contributed by atoms with Crippen LogP contribution in [-0.2, 0) is 37.7 Å². The zero-order valence-corrected chi connectivity index (χ0v) is 76.8. The average molecular weight is 2040 g/mol. The predicted octanol–water partition coefficient (Wildman–Crippen LogP) is 26.6. The Kier molecular flexibility index (Phi) is 35.8. The van der Waals surface area contributed by atoms with Crippen LogP contribution in [0.15, 0.2) is 182 Å². The van der Waals surface area contributed by atoms with Gasteiger partial charge in [0.15, 0.2) is 0 Å². The number of nitrogen functional groups attached to an aromatic ring is 1. The number of carbonyl (C=O) groups excluding carboxylic acids is 7. The molecular formula is C100H96F25N9O7S. The van der Waals surface area contributed by atoms with Crippen molar-refractivity contribution >= 4 is 87.5 Å². The van der Waals surface area contributed by atoms with E-state index in [4.69, 9.17) is 5.73 Å². The van der Waals surface area contributed by atoms with E-state index in [1.54, 1.807) is 24.3 Å². The predicted molar refractivity (Wildman–Crippen MR) is 481 cm³/mol. The van der Waals surface area contributed by atoms with Gasteiger partial charge in [-0.25, -0.2) is 26.3 Å². The minimum Gasteiger partial charge on any atom is -0.399 e. The number of likely N-dealkylation sites (tertiary alicyclic amines) is 3. The smallest absolute Gasteiger partial charge is 0.399 e. The molecule has 3 saturated carbocycles. The Hall–Kier alpha value is -12.5. The van der Waals surface area contributed by atoms with Gasteiger partial charge < -0.3 is 47.0 Å². The summed E-state index contributed by atoms with van der Waals surface area (Å²) >= 11 is 0.250. The average Bonchev–Trinajstić information content (AvgIpc) is 0.802. The summed E-state index contributed by atoms with van der Waals surface area (Å²) in [7, 11) is 0. The normalized spacial score (nSPS) is 20.3. The summed E-state index contributed by atoms with van der Waals surface area (Å²) in [6.45, 7) is 0.598. The monoisotopic (exact) mass is 2040 g/mol. The second-order valence-electron chi connectivity index (χ2n) is 35.4. The van der Waals surface area contributed by atoms with E-state index in [0.717, 1.165) is 156 Å². The fourth-order valence-electron chi connectivity index (χ4n) is 18.4. The number of hydrogen-bond acceptors (Lipinski definition) is 11. The Labute approximate surface area is 803 Å². The number of Topliss-reactive ketones (excluding diaryl/α,β-unsaturated/α-hetero) is 1. The van der Waals surface area contributed by atoms with Crippen molar-refractivity contribution in [2.75, 3.05) is 58.2 Å². The van der Waals surface area contributed by atoms with Crippen LogP contribution in [0.3, 0.4) is 0 Å². The van der Waals surface area contributed by atoms with Crippen LogP contribution in [0.2, 0.25) is 0 Å². The van der Waals surface area contributed by atoms with Gasteiger partial charge in [-0.3, -0.25) is 33.6 Å². The topological polar surface area (TPSA) is 215 Å². The molecule has 3 saturated heterocycles. The molecule has 142 heavy (non-hydrogen) atoms. The zero-order valence-electron chi connectivity index (χ0n) is 76.0. The molecule has 3 aliphatic carbocycles. The lowest BCUT2D eigenvalue weighted by molar-refractivity contribution is -0.194. The quantitative estimate of drug-likeness (QED) is 0.0395. The second kappa shape index (κ2) is 46.2. The highest BCUT2D eigenvalue weighted by molar-refractivity contribution is 7.93. The fraction of sp³-hybridized carbons (Fsp3) is 0.390. The molecule has 6 aliphatic rings. The summed E-state index contributed by atoms with van der Waals surface area (Å²) in [5, 5.41) is 13.6. The number of anilines is 6. The molecule has 6 amide bonds. The molecule has 42 heteroatoms. The lowest BCUT2D eigenvalue weighted by Crippen LogP contribution is -2.52. The van der Waals surface area contributed by atoms with Crippen LogP contribution in [0.1, 0.15) is 196 Å². The summed E-state index contributed by atoms with van der Waals surface area (Å²) < 4.78 is 348. The molecule has 0 bridgehead atoms. The SMILES string of the molecule is CSF.Cc1ccc(NC(=O)[C@H]2C[C@@H](C(F)(F)F)CN(C(=O)c3c(F)cccc3F)[C@H]2c2ccc(N)cc2)cc1C(F)(F)F.Cc1ccc(NC(=O)[C@H]2C[C@@H](C(F)(F)F)CN(C(=O)c3c(F)cccc3F)[C@H]2c2ccc(NC3CCCC3)cc2)cc1C(F)(F)F.Cc1ccc(NC(=O)[C@H]2C[C@@H](C(F)(F)F)CN(C(=O)c3c(F)cccc3F)[C@H]2c2ccc(NC3CCCC3)cc2)cc1C(F)(F)F.O=C1CCCC1. The summed E-state index contributed by atoms with van der Waals surface area (Å²) in [5.74, 6) is -26.7. The first-order valence-electron chi connectivity index (χ1n) is 44.8. The van der Waals surface area contributed by atoms with Gasteiger partial charge in [0.2, 0.25) is 17.7 Å². The largest absolute Gasteiger partial charge is 0.416 e. The molecule has 9 aromatic rings. The number of alkyl halides is 18. The van der Waals surface area contributed by atoms with Crippen LogP contribution >= 0.6 is 12.1 Å². The number of aryl methyl sites for hydroxylation is 3. The van der Waals surface area contributed by atoms with Crippen molar-refractivity contribution in [3.63, 3.8) is 0 Å². The van der Waals surface area contributed by atoms with E-state index in [0.29, 0.717) is 50.1 Å². The van der Waals surface area contributed by atoms with E-state index in [9.17, 15) is 143 Å². The number of piperidine rings is 3. The van der Waals surface area contributed by atoms with Crippen molar-refractivity contribution in [1.82, 2.24) is 14.7 Å². The Morgan fingerprint density at radius 1 is 0.345 bits per heavy atom. The van der Waals surface area contributed by atoms with Gasteiger partial charge >= 0.3 is 37.1 Å². The molecule has 6 fully saturated rings. The second-order valence-corrected chi connectivity index (χ2v) is 35.7. The van der Waals surface area contributed by atoms with Gasteiger partial charge in [-0.05, 0) is 221 Å². The molecule has 764 valence electrons. The lowest BCUT2D eigenvalue weighted by atomic mass is 9.78. The highest BCUT2D eigenvalue weighted by Gasteiger charge is 2.56. The van der Waals surface area contributed by atoms with Crippen molar-refractivity contribution in [2.45, 2.75) is 184 Å². The maximum absolute atomic E-state index is 14.8. The van der Waals surface area contributed by atoms with Crippen molar-refractivity contribution in [3.05, 3.63) is 284 Å². The van der Waals surface area contributed by atoms with Crippen LogP contribution < -0.4 is 32.3 Å². The van der Waals surface area contributed by atoms with E-state index in [-0.39, 0.29) is 80.4 Å². The maximum atomic E-state index is 14.8. The fourth-order valence-corrected chi connectivity index (χ4v) is 18.4. The van der Waals surface area contributed by atoms with Gasteiger partial charge in [-0.1, -0.05) is 98.5 Å². The number of nitrogens with two attached hydrogens (primary N) is 1. The van der Waals surface area contributed by atoms with Crippen LogP contribution in [0, 0.1) is 91.2 Å². The molecule has 7 N–H and O–H groups in total. The van der Waals surface area contributed by atoms with Gasteiger partial charge in [0.1, 0.15) is 57.4 Å².